The Bertz CT molecular complexity index is 579. The third-order valence-electron chi connectivity index (χ3n) is 4.19. The predicted octanol–water partition coefficient (Wildman–Crippen LogP) is 0.754. The minimum Gasteiger partial charge on any atom is -0.496 e. The number of methoxy groups -OCH3 is 1. The summed E-state index contributed by atoms with van der Waals surface area (Å²) in [7, 11) is 3.71. The van der Waals surface area contributed by atoms with E-state index in [-0.39, 0.29) is 5.91 Å². The van der Waals surface area contributed by atoms with E-state index in [1.54, 1.807) is 18.1 Å². The van der Waals surface area contributed by atoms with Crippen LogP contribution in [0.4, 0.5) is 0 Å². The first-order valence-corrected chi connectivity index (χ1v) is 7.63. The van der Waals surface area contributed by atoms with Gasteiger partial charge in [-0.3, -0.25) is 14.7 Å². The molecule has 0 spiro atoms. The number of benzene rings is 1. The fraction of sp³-hybridized carbons (Fsp3) is 0.500. The second-order valence-corrected chi connectivity index (χ2v) is 5.63. The molecule has 6 heteroatoms. The van der Waals surface area contributed by atoms with Crippen LogP contribution in [-0.2, 0) is 0 Å². The van der Waals surface area contributed by atoms with Crippen molar-refractivity contribution in [2.75, 3.05) is 53.4 Å². The van der Waals surface area contributed by atoms with E-state index in [1.807, 2.05) is 18.2 Å². The van der Waals surface area contributed by atoms with Gasteiger partial charge in [0.1, 0.15) is 5.75 Å². The van der Waals surface area contributed by atoms with Crippen molar-refractivity contribution in [3.05, 3.63) is 29.8 Å². The summed E-state index contributed by atoms with van der Waals surface area (Å²) in [5, 5.41) is 0. The first-order chi connectivity index (χ1) is 10.7. The Morgan fingerprint density at radius 1 is 1.14 bits per heavy atom. The maximum absolute atomic E-state index is 12.9. The van der Waals surface area contributed by atoms with Crippen molar-refractivity contribution < 1.29 is 9.53 Å². The van der Waals surface area contributed by atoms with Crippen molar-refractivity contribution in [1.82, 2.24) is 14.7 Å². The summed E-state index contributed by atoms with van der Waals surface area (Å²) in [6.07, 6.45) is 0. The van der Waals surface area contributed by atoms with Gasteiger partial charge in [0.15, 0.2) is 0 Å². The molecule has 0 atom stereocenters. The highest BCUT2D eigenvalue weighted by molar-refractivity contribution is 6.07. The van der Waals surface area contributed by atoms with Crippen molar-refractivity contribution in [2.45, 2.75) is 0 Å². The molecule has 1 aromatic rings. The maximum Gasteiger partial charge on any atom is 0.264 e. The summed E-state index contributed by atoms with van der Waals surface area (Å²) in [5.74, 6) is 1.38. The average Bonchev–Trinajstić information content (AvgIpc) is 3.04. The number of aliphatic imine (C=N–C) groups is 1. The number of para-hydroxylation sites is 1. The molecule has 1 aromatic carbocycles. The molecule has 0 aromatic heterocycles. The summed E-state index contributed by atoms with van der Waals surface area (Å²) in [4.78, 5) is 23.7. The Labute approximate surface area is 131 Å². The van der Waals surface area contributed by atoms with Crippen molar-refractivity contribution in [2.24, 2.45) is 4.99 Å². The van der Waals surface area contributed by atoms with Gasteiger partial charge in [-0.2, -0.15) is 0 Å². The molecule has 0 aliphatic carbocycles. The Balaban J connectivity index is 1.79. The van der Waals surface area contributed by atoms with Crippen LogP contribution >= 0.6 is 0 Å². The van der Waals surface area contributed by atoms with E-state index in [0.717, 1.165) is 32.1 Å². The lowest BCUT2D eigenvalue weighted by molar-refractivity contribution is 0.0833. The zero-order valence-electron chi connectivity index (χ0n) is 13.2. The van der Waals surface area contributed by atoms with Gasteiger partial charge in [0.25, 0.3) is 5.91 Å². The summed E-state index contributed by atoms with van der Waals surface area (Å²) < 4.78 is 5.31. The Morgan fingerprint density at radius 3 is 2.59 bits per heavy atom. The number of carbonyl (C=O) groups excluding carboxylic acids is 1. The van der Waals surface area contributed by atoms with Crippen molar-refractivity contribution in [3.63, 3.8) is 0 Å². The number of carbonyl (C=O) groups is 1. The first kappa shape index (κ1) is 14.8. The zero-order chi connectivity index (χ0) is 15.5. The average molecular weight is 302 g/mol. The summed E-state index contributed by atoms with van der Waals surface area (Å²) in [6.45, 7) is 5.11. The molecule has 0 N–H and O–H groups in total. The highest BCUT2D eigenvalue weighted by Crippen LogP contribution is 2.21. The highest BCUT2D eigenvalue weighted by Gasteiger charge is 2.31. The van der Waals surface area contributed by atoms with Crippen molar-refractivity contribution in [3.8, 4) is 5.75 Å². The fourth-order valence-electron chi connectivity index (χ4n) is 2.87. The van der Waals surface area contributed by atoms with Crippen LogP contribution in [0.3, 0.4) is 0 Å². The third-order valence-corrected chi connectivity index (χ3v) is 4.19. The standard InChI is InChI=1S/C16H22N4O2/c1-18-9-11-19(12-10-18)16-17-7-8-20(16)15(21)13-5-3-4-6-14(13)22-2/h3-6H,7-12H2,1-2H3. The SMILES string of the molecule is COc1ccccc1C(=O)N1CCN=C1N1CCN(C)CC1. The predicted molar refractivity (Wildman–Crippen MR) is 85.4 cm³/mol. The van der Waals surface area contributed by atoms with Gasteiger partial charge in [0.2, 0.25) is 5.96 Å². The first-order valence-electron chi connectivity index (χ1n) is 7.63. The smallest absolute Gasteiger partial charge is 0.264 e. The number of hydrogen-bond acceptors (Lipinski definition) is 5. The van der Waals surface area contributed by atoms with Gasteiger partial charge in [0.05, 0.1) is 19.2 Å². The molecule has 0 unspecified atom stereocenters. The normalized spacial score (nSPS) is 19.3. The van der Waals surface area contributed by atoms with E-state index in [4.69, 9.17) is 4.74 Å². The van der Waals surface area contributed by atoms with E-state index in [2.05, 4.69) is 21.8 Å². The second-order valence-electron chi connectivity index (χ2n) is 5.63. The van der Waals surface area contributed by atoms with Crippen molar-refractivity contribution in [1.29, 1.82) is 0 Å². The molecule has 0 saturated carbocycles. The van der Waals surface area contributed by atoms with Crippen LogP contribution in [0.15, 0.2) is 29.3 Å². The quantitative estimate of drug-likeness (QED) is 0.809. The van der Waals surface area contributed by atoms with Gasteiger partial charge in [0, 0.05) is 32.7 Å². The molecule has 118 valence electrons. The second kappa shape index (κ2) is 6.36. The van der Waals surface area contributed by atoms with Gasteiger partial charge >= 0.3 is 0 Å². The minimum absolute atomic E-state index is 0.0346. The van der Waals surface area contributed by atoms with Crippen molar-refractivity contribution >= 4 is 11.9 Å². The van der Waals surface area contributed by atoms with Gasteiger partial charge in [-0.05, 0) is 19.2 Å². The van der Waals surface area contributed by atoms with Crippen LogP contribution in [0.5, 0.6) is 5.75 Å². The topological polar surface area (TPSA) is 48.4 Å². The Hall–Kier alpha value is -2.08. The molecule has 1 amide bonds. The number of guanidine groups is 1. The maximum atomic E-state index is 12.9. The van der Waals surface area contributed by atoms with Gasteiger partial charge in [-0.25, -0.2) is 0 Å². The Morgan fingerprint density at radius 2 is 1.86 bits per heavy atom. The van der Waals surface area contributed by atoms with Gasteiger partial charge in [-0.1, -0.05) is 12.1 Å². The molecular weight excluding hydrogens is 280 g/mol. The summed E-state index contributed by atoms with van der Waals surface area (Å²) in [6, 6.07) is 7.35. The van der Waals surface area contributed by atoms with E-state index in [1.165, 1.54) is 0 Å². The molecule has 1 fully saturated rings. The van der Waals surface area contributed by atoms with E-state index in [0.29, 0.717) is 24.4 Å². The number of ether oxygens (including phenoxy) is 1. The molecule has 0 bridgehead atoms. The number of piperazine rings is 1. The van der Waals surface area contributed by atoms with E-state index < -0.39 is 0 Å². The molecule has 3 rings (SSSR count). The zero-order valence-corrected chi connectivity index (χ0v) is 13.2. The molecule has 2 aliphatic heterocycles. The number of likely N-dealkylation sites (N-methyl/N-ethyl adjacent to an activating group) is 1. The Kier molecular flexibility index (Phi) is 4.29. The lowest BCUT2D eigenvalue weighted by Crippen LogP contribution is -2.52. The number of hydrogen-bond donors (Lipinski definition) is 0. The molecule has 22 heavy (non-hydrogen) atoms. The number of amides is 1. The summed E-state index contributed by atoms with van der Waals surface area (Å²) >= 11 is 0. The third kappa shape index (κ3) is 2.78. The molecule has 2 aliphatic rings. The van der Waals surface area contributed by atoms with Crippen LogP contribution in [0.25, 0.3) is 0 Å². The molecule has 1 saturated heterocycles. The van der Waals surface area contributed by atoms with Gasteiger partial charge < -0.3 is 14.5 Å². The van der Waals surface area contributed by atoms with E-state index >= 15 is 0 Å². The van der Waals surface area contributed by atoms with Crippen LogP contribution in [0.2, 0.25) is 0 Å². The lowest BCUT2D eigenvalue weighted by atomic mass is 10.1. The lowest BCUT2D eigenvalue weighted by Gasteiger charge is -2.36. The van der Waals surface area contributed by atoms with Crippen LogP contribution in [0.1, 0.15) is 10.4 Å². The summed E-state index contributed by atoms with van der Waals surface area (Å²) in [5.41, 5.74) is 0.591. The van der Waals surface area contributed by atoms with E-state index in [9.17, 15) is 4.79 Å². The van der Waals surface area contributed by atoms with Gasteiger partial charge in [-0.15, -0.1) is 0 Å². The highest BCUT2D eigenvalue weighted by atomic mass is 16.5. The largest absolute Gasteiger partial charge is 0.496 e. The number of rotatable bonds is 2. The molecule has 2 heterocycles. The van der Waals surface area contributed by atoms with Crippen LogP contribution < -0.4 is 4.74 Å². The fourth-order valence-corrected chi connectivity index (χ4v) is 2.87. The monoisotopic (exact) mass is 302 g/mol. The van der Waals surface area contributed by atoms with Crippen LogP contribution in [-0.4, -0.2) is 80.0 Å². The number of nitrogens with zero attached hydrogens (tertiary/aromatic N) is 4. The molecule has 6 nitrogen and oxygen atoms in total. The molecular formula is C16H22N4O2. The molecule has 0 radical (unpaired) electrons. The minimum atomic E-state index is -0.0346. The van der Waals surface area contributed by atoms with Crippen LogP contribution in [0, 0.1) is 0 Å².